The first-order chi connectivity index (χ1) is 13.0. The van der Waals surface area contributed by atoms with Crippen LogP contribution in [0.3, 0.4) is 0 Å². The number of hydrogen-bond donors (Lipinski definition) is 1. The van der Waals surface area contributed by atoms with Gasteiger partial charge in [-0.1, -0.05) is 23.7 Å². The van der Waals surface area contributed by atoms with E-state index >= 15 is 0 Å². The third-order valence-corrected chi connectivity index (χ3v) is 4.35. The number of para-hydroxylation sites is 1. The van der Waals surface area contributed by atoms with Crippen LogP contribution >= 0.6 is 0 Å². The molecule has 0 saturated carbocycles. The van der Waals surface area contributed by atoms with Gasteiger partial charge in [0.05, 0.1) is 29.5 Å². The van der Waals surface area contributed by atoms with Crippen molar-refractivity contribution >= 4 is 46.9 Å². The van der Waals surface area contributed by atoms with Gasteiger partial charge < -0.3 is 10.5 Å². The van der Waals surface area contributed by atoms with E-state index in [0.717, 1.165) is 0 Å². The Balaban J connectivity index is 2.24. The van der Waals surface area contributed by atoms with Crippen LogP contribution in [0.4, 0.5) is 5.69 Å². The van der Waals surface area contributed by atoms with Gasteiger partial charge in [0.2, 0.25) is 0 Å². The second-order valence-corrected chi connectivity index (χ2v) is 5.90. The summed E-state index contributed by atoms with van der Waals surface area (Å²) in [6.45, 7) is 0. The van der Waals surface area contributed by atoms with Crippen molar-refractivity contribution in [2.75, 3.05) is 12.8 Å². The molecule has 2 aromatic carbocycles. The topological polar surface area (TPSA) is 100 Å². The maximum absolute atomic E-state index is 13.3. The molecule has 4 rings (SSSR count). The normalized spacial score (nSPS) is 11.0. The van der Waals surface area contributed by atoms with E-state index in [1.807, 2.05) is 0 Å². The summed E-state index contributed by atoms with van der Waals surface area (Å²) in [6.07, 6.45) is 3.10. The van der Waals surface area contributed by atoms with Gasteiger partial charge in [0.15, 0.2) is 0 Å². The molecule has 130 valence electrons. The largest absolute Gasteiger partial charge is 0.465 e. The number of carbonyl (C=O) groups excluding carboxylic acids is 1. The fourth-order valence-electron chi connectivity index (χ4n) is 3.13. The number of methoxy groups -OCH3 is 1. The van der Waals surface area contributed by atoms with Crippen LogP contribution in [0.1, 0.15) is 10.4 Å². The number of nitrogens with two attached hydrogens (primary N) is 1. The Hall–Kier alpha value is -3.68. The number of anilines is 1. The van der Waals surface area contributed by atoms with E-state index in [0.29, 0.717) is 33.1 Å². The summed E-state index contributed by atoms with van der Waals surface area (Å²) in [6, 6.07) is 10.2. The van der Waals surface area contributed by atoms with Gasteiger partial charge in [-0.25, -0.2) is 4.79 Å². The molecule has 2 heterocycles. The van der Waals surface area contributed by atoms with E-state index in [1.54, 1.807) is 42.6 Å². The zero-order valence-electron chi connectivity index (χ0n) is 14.3. The summed E-state index contributed by atoms with van der Waals surface area (Å²) in [5, 5.41) is 0.505. The van der Waals surface area contributed by atoms with Crippen molar-refractivity contribution in [1.82, 2.24) is 14.5 Å². The van der Waals surface area contributed by atoms with Crippen molar-refractivity contribution in [2.24, 2.45) is 0 Å². The number of carbonyl (C=O) groups is 1. The van der Waals surface area contributed by atoms with Crippen LogP contribution in [0.25, 0.3) is 27.6 Å². The third kappa shape index (κ3) is 2.53. The molecule has 4 aromatic rings. The molecule has 0 aliphatic carbocycles. The van der Waals surface area contributed by atoms with E-state index < -0.39 is 11.5 Å². The number of fused-ring (bicyclic) bond motifs is 2. The second kappa shape index (κ2) is 6.24. The smallest absolute Gasteiger partial charge is 0.345 e. The SMILES string of the molecule is [B]c1ccc2c(N)c(C(=O)OC)c(=O)n(-c3cccc4nccnc34)c2c1. The lowest BCUT2D eigenvalue weighted by molar-refractivity contribution is 0.0600. The molecule has 0 amide bonds. The average molecular weight is 356 g/mol. The summed E-state index contributed by atoms with van der Waals surface area (Å²) in [7, 11) is 7.13. The Kier molecular flexibility index (Phi) is 3.88. The van der Waals surface area contributed by atoms with Gasteiger partial charge in [0, 0.05) is 17.8 Å². The summed E-state index contributed by atoms with van der Waals surface area (Å²) in [4.78, 5) is 34.1. The molecule has 2 N–H and O–H groups in total. The summed E-state index contributed by atoms with van der Waals surface area (Å²) >= 11 is 0. The maximum atomic E-state index is 13.3. The molecule has 0 spiro atoms. The minimum absolute atomic E-state index is 0.0458. The van der Waals surface area contributed by atoms with E-state index in [2.05, 4.69) is 9.97 Å². The highest BCUT2D eigenvalue weighted by atomic mass is 16.5. The van der Waals surface area contributed by atoms with Crippen molar-refractivity contribution in [2.45, 2.75) is 0 Å². The Morgan fingerprint density at radius 3 is 2.74 bits per heavy atom. The van der Waals surface area contributed by atoms with Gasteiger partial charge in [-0.2, -0.15) is 0 Å². The molecule has 0 saturated heterocycles. The minimum atomic E-state index is -0.809. The van der Waals surface area contributed by atoms with Crippen LogP contribution in [-0.2, 0) is 4.74 Å². The van der Waals surface area contributed by atoms with Gasteiger partial charge in [0.25, 0.3) is 5.56 Å². The minimum Gasteiger partial charge on any atom is -0.465 e. The molecule has 2 aromatic heterocycles. The number of nitrogens with zero attached hydrogens (tertiary/aromatic N) is 3. The standard InChI is InChI=1S/C19H13BN4O3/c1-27-19(26)15-16(21)11-6-5-10(20)9-14(11)24(18(15)25)13-4-2-3-12-17(13)23-8-7-22-12/h2-9H,21H2,1H3. The molecule has 0 aliphatic rings. The van der Waals surface area contributed by atoms with Crippen LogP contribution in [0, 0.1) is 0 Å². The number of pyridine rings is 1. The predicted octanol–water partition coefficient (Wildman–Crippen LogP) is 1.10. The van der Waals surface area contributed by atoms with Crippen molar-refractivity contribution in [3.8, 4) is 5.69 Å². The Morgan fingerprint density at radius 1 is 1.19 bits per heavy atom. The number of hydrogen-bond acceptors (Lipinski definition) is 6. The van der Waals surface area contributed by atoms with Crippen molar-refractivity contribution in [3.05, 3.63) is 64.7 Å². The molecule has 0 aliphatic heterocycles. The molecule has 27 heavy (non-hydrogen) atoms. The lowest BCUT2D eigenvalue weighted by Crippen LogP contribution is -2.29. The highest BCUT2D eigenvalue weighted by Gasteiger charge is 2.23. The molecule has 7 nitrogen and oxygen atoms in total. The van der Waals surface area contributed by atoms with Crippen molar-refractivity contribution in [3.63, 3.8) is 0 Å². The Morgan fingerprint density at radius 2 is 1.96 bits per heavy atom. The first kappa shape index (κ1) is 16.8. The molecule has 8 heteroatoms. The number of rotatable bonds is 2. The Bertz CT molecular complexity index is 1280. The first-order valence-electron chi connectivity index (χ1n) is 8.05. The summed E-state index contributed by atoms with van der Waals surface area (Å²) in [5.74, 6) is -0.809. The number of aromatic nitrogens is 3. The molecule has 2 radical (unpaired) electrons. The molecular formula is C19H13BN4O3. The molecule has 0 fully saturated rings. The van der Waals surface area contributed by atoms with Crippen LogP contribution < -0.4 is 16.8 Å². The number of benzene rings is 2. The van der Waals surface area contributed by atoms with Crippen LogP contribution in [0.2, 0.25) is 0 Å². The van der Waals surface area contributed by atoms with Gasteiger partial charge in [0.1, 0.15) is 18.9 Å². The fourth-order valence-corrected chi connectivity index (χ4v) is 3.13. The molecule has 0 atom stereocenters. The van der Waals surface area contributed by atoms with E-state index in [9.17, 15) is 9.59 Å². The van der Waals surface area contributed by atoms with Crippen molar-refractivity contribution < 1.29 is 9.53 Å². The van der Waals surface area contributed by atoms with E-state index in [1.165, 1.54) is 17.9 Å². The van der Waals surface area contributed by atoms with Crippen LogP contribution in [-0.4, -0.2) is 35.5 Å². The number of nitrogen functional groups attached to an aromatic ring is 1. The maximum Gasteiger partial charge on any atom is 0.345 e. The fraction of sp³-hybridized carbons (Fsp3) is 0.0526. The third-order valence-electron chi connectivity index (χ3n) is 4.35. The summed E-state index contributed by atoms with van der Waals surface area (Å²) in [5.41, 5.74) is 7.80. The van der Waals surface area contributed by atoms with Crippen LogP contribution in [0.5, 0.6) is 0 Å². The lowest BCUT2D eigenvalue weighted by atomic mass is 9.94. The van der Waals surface area contributed by atoms with Gasteiger partial charge in [-0.05, 0) is 18.2 Å². The molecule has 0 bridgehead atoms. The highest BCUT2D eigenvalue weighted by molar-refractivity contribution is 6.33. The zero-order valence-corrected chi connectivity index (χ0v) is 14.3. The van der Waals surface area contributed by atoms with E-state index in [-0.39, 0.29) is 11.3 Å². The number of ether oxygens (including phenoxy) is 1. The zero-order chi connectivity index (χ0) is 19.1. The van der Waals surface area contributed by atoms with Gasteiger partial charge in [-0.3, -0.25) is 19.3 Å². The lowest BCUT2D eigenvalue weighted by Gasteiger charge is -2.16. The predicted molar refractivity (Wildman–Crippen MR) is 104 cm³/mol. The summed E-state index contributed by atoms with van der Waals surface area (Å²) < 4.78 is 6.13. The van der Waals surface area contributed by atoms with Crippen LogP contribution in [0.15, 0.2) is 53.6 Å². The average Bonchev–Trinajstić information content (AvgIpc) is 2.68. The van der Waals surface area contributed by atoms with Crippen molar-refractivity contribution in [1.29, 1.82) is 0 Å². The van der Waals surface area contributed by atoms with Gasteiger partial charge in [-0.15, -0.1) is 0 Å². The van der Waals surface area contributed by atoms with Gasteiger partial charge >= 0.3 is 5.97 Å². The highest BCUT2D eigenvalue weighted by Crippen LogP contribution is 2.26. The first-order valence-corrected chi connectivity index (χ1v) is 8.05. The molecule has 0 unspecified atom stereocenters. The number of esters is 1. The molecular weight excluding hydrogens is 343 g/mol. The monoisotopic (exact) mass is 356 g/mol. The Labute approximate surface area is 154 Å². The second-order valence-electron chi connectivity index (χ2n) is 5.90. The quantitative estimate of drug-likeness (QED) is 0.426. The van der Waals surface area contributed by atoms with E-state index in [4.69, 9.17) is 18.3 Å².